The van der Waals surface area contributed by atoms with Crippen LogP contribution in [0.5, 0.6) is 0 Å². The second kappa shape index (κ2) is 21.0. The van der Waals surface area contributed by atoms with E-state index in [9.17, 15) is 39.6 Å². The van der Waals surface area contributed by atoms with Crippen molar-refractivity contribution in [3.63, 3.8) is 0 Å². The number of alkyl halides is 3. The number of carbonyl (C=O) groups excluding carboxylic acids is 2. The zero-order valence-corrected chi connectivity index (χ0v) is 30.8. The van der Waals surface area contributed by atoms with Crippen molar-refractivity contribution >= 4 is 45.1 Å². The Morgan fingerprint density at radius 1 is 0.880 bits per heavy atom. The molecule has 3 heterocycles. The molecule has 21 heteroatoms. The predicted octanol–water partition coefficient (Wildman–Crippen LogP) is 1.44. The van der Waals surface area contributed by atoms with E-state index in [1.807, 2.05) is 31.2 Å². The Balaban J connectivity index is 0. The summed E-state index contributed by atoms with van der Waals surface area (Å²) < 4.78 is 86.5. The molecule has 9 N–H and O–H groups in total. The summed E-state index contributed by atoms with van der Waals surface area (Å²) >= 11 is 0. The number of fused-ring (bicyclic) bond motifs is 1. The minimum atomic E-state index is -4.52. The molecule has 5 rings (SSSR count). The zero-order chi connectivity index (χ0) is 35.7. The summed E-state index contributed by atoms with van der Waals surface area (Å²) in [5.41, 5.74) is 4.15. The van der Waals surface area contributed by atoms with Crippen molar-refractivity contribution in [3.05, 3.63) is 76.5 Å². The van der Waals surface area contributed by atoms with Crippen LogP contribution in [0.2, 0.25) is 0 Å². The molecule has 1 saturated heterocycles. The van der Waals surface area contributed by atoms with E-state index in [1.54, 1.807) is 0 Å². The number of benzene rings is 2. The van der Waals surface area contributed by atoms with Gasteiger partial charge in [-0.15, -0.1) is 0 Å². The number of ketones is 2. The second-order valence-corrected chi connectivity index (χ2v) is 14.5. The number of hydrogen-bond donors (Lipinski definition) is 5. The smallest absolute Gasteiger partial charge is 0.416 e. The first kappa shape index (κ1) is 49.5. The van der Waals surface area contributed by atoms with Gasteiger partial charge in [0.25, 0.3) is 0 Å². The third kappa shape index (κ3) is 13.2. The molecule has 50 heavy (non-hydrogen) atoms. The average molecular weight is 805 g/mol. The van der Waals surface area contributed by atoms with Crippen LogP contribution in [0.4, 0.5) is 13.2 Å². The number of aromatic nitrogens is 2. The number of rotatable bonds is 5. The maximum atomic E-state index is 12.5. The molecule has 1 atom stereocenters. The molecule has 281 valence electrons. The number of nitrogens with one attached hydrogen (secondary N) is 1. The van der Waals surface area contributed by atoms with Crippen LogP contribution in [-0.2, 0) is 76.0 Å². The predicted molar refractivity (Wildman–Crippen MR) is 185 cm³/mol. The van der Waals surface area contributed by atoms with E-state index in [2.05, 4.69) is 33.6 Å². The van der Waals surface area contributed by atoms with Crippen molar-refractivity contribution in [2.45, 2.75) is 39.9 Å². The number of sulfonamides is 2. The van der Waals surface area contributed by atoms with Gasteiger partial charge >= 0.3 is 6.18 Å². The normalized spacial score (nSPS) is 16.1. The number of aromatic amines is 1. The van der Waals surface area contributed by atoms with E-state index < -0.39 is 49.3 Å². The van der Waals surface area contributed by atoms with Crippen molar-refractivity contribution in [2.75, 3.05) is 32.1 Å². The average Bonchev–Trinajstić information content (AvgIpc) is 3.46. The summed E-state index contributed by atoms with van der Waals surface area (Å²) in [6, 6.07) is 11.6. The largest absolute Gasteiger partial charge is 0.813 e. The van der Waals surface area contributed by atoms with E-state index in [-0.39, 0.29) is 64.6 Å². The molecule has 2 aromatic carbocycles. The molecule has 1 radical (unpaired) electrons. The minimum Gasteiger partial charge on any atom is -0.813 e. The minimum absolute atomic E-state index is 0. The Morgan fingerprint density at radius 2 is 1.38 bits per heavy atom. The molecule has 0 bridgehead atoms. The molecule has 14 nitrogen and oxygen atoms in total. The van der Waals surface area contributed by atoms with Crippen LogP contribution in [0.3, 0.4) is 0 Å². The van der Waals surface area contributed by atoms with Gasteiger partial charge in [0.15, 0.2) is 5.78 Å². The molecule has 3 aromatic rings. The molecule has 0 amide bonds. The van der Waals surface area contributed by atoms with Crippen LogP contribution < -0.4 is 23.4 Å². The Kier molecular flexibility index (Phi) is 20.8. The zero-order valence-electron chi connectivity index (χ0n) is 26.9. The van der Waals surface area contributed by atoms with Crippen LogP contribution in [0, 0.1) is 12.8 Å². The third-order valence-electron chi connectivity index (χ3n) is 7.36. The monoisotopic (exact) mass is 804 g/mol. The Morgan fingerprint density at radius 3 is 1.86 bits per heavy atom. The van der Waals surface area contributed by atoms with Crippen LogP contribution in [0.15, 0.2) is 48.5 Å². The van der Waals surface area contributed by atoms with Gasteiger partial charge in [-0.1, -0.05) is 49.4 Å². The van der Waals surface area contributed by atoms with Crippen molar-refractivity contribution in [1.29, 1.82) is 0 Å². The number of halogens is 3. The number of H-pyrrole nitrogens is 1. The van der Waals surface area contributed by atoms with Gasteiger partial charge in [0.2, 0.25) is 20.0 Å². The summed E-state index contributed by atoms with van der Waals surface area (Å²) in [7, 11) is -6.70. The number of hydrogen-bond acceptors (Lipinski definition) is 12. The number of hydrazine groups is 2. The van der Waals surface area contributed by atoms with E-state index in [0.29, 0.717) is 19.5 Å². The maximum absolute atomic E-state index is 12.5. The Labute approximate surface area is 309 Å². The van der Waals surface area contributed by atoms with Crippen LogP contribution in [0.25, 0.3) is 11.3 Å². The van der Waals surface area contributed by atoms with Gasteiger partial charge in [-0.25, -0.2) is 21.1 Å². The summed E-state index contributed by atoms with van der Waals surface area (Å²) in [6.07, 6.45) is -1.70. The van der Waals surface area contributed by atoms with Crippen LogP contribution in [-0.4, -0.2) is 79.4 Å². The fourth-order valence-corrected chi connectivity index (χ4v) is 6.49. The number of piperidine rings is 1. The number of thiol groups is 1. The van der Waals surface area contributed by atoms with Gasteiger partial charge in [-0.05, 0) is 19.1 Å². The molecule has 1 aromatic heterocycles. The summed E-state index contributed by atoms with van der Waals surface area (Å²) in [5.74, 6) is 13.7. The Bertz CT molecular complexity index is 1740. The SMILES string of the molecule is C.CS(=O)(=O)N1CCC(=O)C(C(=O)c2ccc(C(F)(F)F)cc2)C1.Cc1ccc(-c2n[nH]c3c2CN(S(C)(=O)=O)CC3)cc1.NN.NN.[SH-].[V]. The van der Waals surface area contributed by atoms with E-state index in [4.69, 9.17) is 0 Å². The van der Waals surface area contributed by atoms with Crippen LogP contribution in [0.1, 0.15) is 46.6 Å². The van der Waals surface area contributed by atoms with Gasteiger partial charge in [-0.3, -0.25) is 38.1 Å². The second-order valence-electron chi connectivity index (χ2n) is 10.6. The van der Waals surface area contributed by atoms with E-state index >= 15 is 0 Å². The molecule has 2 aliphatic heterocycles. The Hall–Kier alpha value is -2.63. The van der Waals surface area contributed by atoms with E-state index in [0.717, 1.165) is 57.3 Å². The first-order valence-corrected chi connectivity index (χ1v) is 17.6. The first-order valence-electron chi connectivity index (χ1n) is 13.9. The number of aryl methyl sites for hydroxylation is 1. The first-order chi connectivity index (χ1) is 21.9. The molecule has 1 unspecified atom stereocenters. The summed E-state index contributed by atoms with van der Waals surface area (Å²) in [4.78, 5) is 24.2. The van der Waals surface area contributed by atoms with Crippen molar-refractivity contribution in [2.24, 2.45) is 29.3 Å². The fraction of sp³-hybridized carbons (Fsp3) is 0.414. The molecule has 1 fully saturated rings. The number of nitrogens with two attached hydrogens (primary N) is 4. The molecule has 0 saturated carbocycles. The molecular formula is C29H44F3N8O6S3V-. The third-order valence-corrected chi connectivity index (χ3v) is 9.88. The van der Waals surface area contributed by atoms with Gasteiger partial charge < -0.3 is 13.5 Å². The van der Waals surface area contributed by atoms with Crippen molar-refractivity contribution in [3.8, 4) is 11.3 Å². The van der Waals surface area contributed by atoms with Crippen molar-refractivity contribution < 1.29 is 58.2 Å². The van der Waals surface area contributed by atoms with Crippen LogP contribution >= 0.6 is 0 Å². The summed E-state index contributed by atoms with van der Waals surface area (Å²) in [5, 5.41) is 7.41. The molecule has 0 aliphatic carbocycles. The molecule has 2 aliphatic rings. The number of carbonyl (C=O) groups is 2. The van der Waals surface area contributed by atoms with E-state index in [1.165, 1.54) is 16.1 Å². The van der Waals surface area contributed by atoms with Gasteiger partial charge in [0.05, 0.1) is 29.7 Å². The maximum Gasteiger partial charge on any atom is 0.416 e. The number of nitrogens with zero attached hydrogens (tertiary/aromatic N) is 3. The quantitative estimate of drug-likeness (QED) is 0.0615. The standard InChI is InChI=1S/C14H14F3NO4S.C14H17N3O2S.CH4.2H4N2.H2S.V/c1-23(21,22)18-7-6-12(19)11(8-18)13(20)9-2-4-10(5-3-9)14(15,16)17;1-10-3-5-11(6-4-10)14-12-9-17(20(2,18)19)8-7-13(12)15-16-14;;2*1-2;;/h2-5,11H,6-8H2,1H3;3-6H,7-9H2,1-2H3,(H,15,16);1H4;2*1-2H2;1H2;/p-1. The molecule has 0 spiro atoms. The number of Topliss-reactive ketones (excluding diaryl/α,β-unsaturated/α-hetero) is 2. The molecular weight excluding hydrogens is 761 g/mol. The fourth-order valence-electron chi connectivity index (χ4n) is 4.86. The van der Waals surface area contributed by atoms with Crippen molar-refractivity contribution in [1.82, 2.24) is 18.8 Å². The van der Waals surface area contributed by atoms with Gasteiger partial charge in [0, 0.05) is 80.0 Å². The van der Waals surface area contributed by atoms with Gasteiger partial charge in [-0.2, -0.15) is 22.6 Å². The summed E-state index contributed by atoms with van der Waals surface area (Å²) in [6.45, 7) is 2.68. The topological polar surface area (TPSA) is 242 Å². The van der Waals surface area contributed by atoms with Gasteiger partial charge in [0.1, 0.15) is 5.78 Å².